The van der Waals surface area contributed by atoms with Gasteiger partial charge in [0.25, 0.3) is 5.91 Å². The Morgan fingerprint density at radius 3 is 2.77 bits per heavy atom. The van der Waals surface area contributed by atoms with E-state index in [4.69, 9.17) is 16.6 Å². The Bertz CT molecular complexity index is 1370. The van der Waals surface area contributed by atoms with Crippen molar-refractivity contribution in [3.05, 3.63) is 77.7 Å². The topological polar surface area (TPSA) is 75.6 Å². The van der Waals surface area contributed by atoms with Gasteiger partial charge in [0.15, 0.2) is 11.0 Å². The first-order valence-electron chi connectivity index (χ1n) is 9.22. The van der Waals surface area contributed by atoms with E-state index in [0.717, 1.165) is 32.9 Å². The van der Waals surface area contributed by atoms with Gasteiger partial charge in [0.2, 0.25) is 0 Å². The number of aromatic amines is 1. The van der Waals surface area contributed by atoms with E-state index in [9.17, 15) is 4.79 Å². The summed E-state index contributed by atoms with van der Waals surface area (Å²) in [5.41, 5.74) is 3.01. The molecule has 5 aromatic rings. The van der Waals surface area contributed by atoms with Crippen LogP contribution >= 0.6 is 22.9 Å². The van der Waals surface area contributed by atoms with Crippen molar-refractivity contribution >= 4 is 44.9 Å². The van der Waals surface area contributed by atoms with Gasteiger partial charge in [0, 0.05) is 40.9 Å². The molecule has 1 amide bonds. The highest BCUT2D eigenvalue weighted by Crippen LogP contribution is 2.38. The molecule has 0 atom stereocenters. The number of nitrogens with zero attached hydrogens (tertiary/aromatic N) is 3. The van der Waals surface area contributed by atoms with E-state index >= 15 is 0 Å². The number of benzene rings is 2. The number of halogens is 1. The van der Waals surface area contributed by atoms with Crippen LogP contribution in [0.15, 0.2) is 67.0 Å². The highest BCUT2D eigenvalue weighted by Gasteiger charge is 2.20. The number of hydrogen-bond acceptors (Lipinski definition) is 4. The minimum atomic E-state index is -0.262. The van der Waals surface area contributed by atoms with Crippen LogP contribution in [-0.4, -0.2) is 25.4 Å². The number of thiazole rings is 1. The second-order valence-electron chi connectivity index (χ2n) is 6.79. The summed E-state index contributed by atoms with van der Waals surface area (Å²) in [7, 11) is 1.94. The summed E-state index contributed by atoms with van der Waals surface area (Å²) < 4.78 is 1.94. The van der Waals surface area contributed by atoms with E-state index in [2.05, 4.69) is 15.3 Å². The minimum Gasteiger partial charge on any atom is -0.350 e. The van der Waals surface area contributed by atoms with E-state index < -0.39 is 0 Å². The van der Waals surface area contributed by atoms with Crippen LogP contribution in [0.5, 0.6) is 0 Å². The van der Waals surface area contributed by atoms with Gasteiger partial charge in [0.05, 0.1) is 10.6 Å². The first kappa shape index (κ1) is 18.6. The fourth-order valence-corrected chi connectivity index (χ4v) is 4.48. The molecule has 0 aliphatic carbocycles. The Labute approximate surface area is 181 Å². The van der Waals surface area contributed by atoms with Crippen molar-refractivity contribution in [2.24, 2.45) is 7.05 Å². The number of amides is 1. The number of fused-ring (bicyclic) bond motifs is 1. The number of carbonyl (C=O) groups excluding carboxylic acids is 1. The second-order valence-corrected chi connectivity index (χ2v) is 8.23. The third-order valence-corrected chi connectivity index (χ3v) is 5.95. The highest BCUT2D eigenvalue weighted by molar-refractivity contribution is 7.19. The van der Waals surface area contributed by atoms with Crippen LogP contribution in [0.25, 0.3) is 32.9 Å². The Balaban J connectivity index is 1.52. The van der Waals surface area contributed by atoms with Crippen molar-refractivity contribution in [2.45, 2.75) is 0 Å². The molecule has 0 fully saturated rings. The maximum Gasteiger partial charge on any atom is 0.273 e. The molecule has 0 bridgehead atoms. The molecule has 0 spiro atoms. The number of carbonyl (C=O) groups is 1. The van der Waals surface area contributed by atoms with Crippen LogP contribution in [0.3, 0.4) is 0 Å². The summed E-state index contributed by atoms with van der Waals surface area (Å²) in [6.45, 7) is 0. The first-order chi connectivity index (χ1) is 14.6. The van der Waals surface area contributed by atoms with Gasteiger partial charge in [-0.15, -0.1) is 0 Å². The average Bonchev–Trinajstić information content (AvgIpc) is 3.46. The SMILES string of the molecule is Cn1ccnc1-c1sc(NC(=O)c2cc3ccc(Cl)cc3[nH]2)nc1-c1ccccc1. The summed E-state index contributed by atoms with van der Waals surface area (Å²) in [4.78, 5) is 26.0. The quantitative estimate of drug-likeness (QED) is 0.387. The van der Waals surface area contributed by atoms with Crippen LogP contribution in [0.2, 0.25) is 5.02 Å². The smallest absolute Gasteiger partial charge is 0.273 e. The lowest BCUT2D eigenvalue weighted by Crippen LogP contribution is -2.11. The van der Waals surface area contributed by atoms with E-state index in [1.807, 2.05) is 54.2 Å². The first-order valence-corrected chi connectivity index (χ1v) is 10.4. The molecule has 8 heteroatoms. The number of aromatic nitrogens is 4. The zero-order valence-corrected chi connectivity index (χ0v) is 17.5. The minimum absolute atomic E-state index is 0.262. The second kappa shape index (κ2) is 7.44. The number of aryl methyl sites for hydroxylation is 1. The molecule has 3 aromatic heterocycles. The normalized spacial score (nSPS) is 11.1. The van der Waals surface area contributed by atoms with Crippen molar-refractivity contribution in [1.29, 1.82) is 0 Å². The number of anilines is 1. The number of hydrogen-bond donors (Lipinski definition) is 2. The number of nitrogens with one attached hydrogen (secondary N) is 2. The molecule has 148 valence electrons. The fraction of sp³-hybridized carbons (Fsp3) is 0.0455. The van der Waals surface area contributed by atoms with E-state index in [1.54, 1.807) is 24.4 Å². The molecule has 30 heavy (non-hydrogen) atoms. The lowest BCUT2D eigenvalue weighted by molar-refractivity contribution is 0.102. The number of imidazole rings is 1. The van der Waals surface area contributed by atoms with Crippen LogP contribution in [0.1, 0.15) is 10.5 Å². The summed E-state index contributed by atoms with van der Waals surface area (Å²) in [5, 5.41) is 4.95. The van der Waals surface area contributed by atoms with Gasteiger partial charge >= 0.3 is 0 Å². The van der Waals surface area contributed by atoms with Gasteiger partial charge in [-0.05, 0) is 18.2 Å². The average molecular weight is 434 g/mol. The van der Waals surface area contributed by atoms with Crippen LogP contribution < -0.4 is 5.32 Å². The molecular formula is C22H16ClN5OS. The lowest BCUT2D eigenvalue weighted by Gasteiger charge is -2.02. The van der Waals surface area contributed by atoms with Crippen molar-refractivity contribution in [1.82, 2.24) is 19.5 Å². The Morgan fingerprint density at radius 2 is 2.00 bits per heavy atom. The lowest BCUT2D eigenvalue weighted by atomic mass is 10.1. The molecular weight excluding hydrogens is 418 g/mol. The molecule has 6 nitrogen and oxygen atoms in total. The summed E-state index contributed by atoms with van der Waals surface area (Å²) in [5.74, 6) is 0.536. The molecule has 0 saturated heterocycles. The van der Waals surface area contributed by atoms with Crippen molar-refractivity contribution in [3.63, 3.8) is 0 Å². The molecule has 5 rings (SSSR count). The molecule has 0 aliphatic rings. The Hall–Kier alpha value is -3.42. The van der Waals surface area contributed by atoms with Gasteiger partial charge in [0.1, 0.15) is 5.69 Å². The zero-order chi connectivity index (χ0) is 20.7. The van der Waals surface area contributed by atoms with Crippen molar-refractivity contribution < 1.29 is 4.79 Å². The molecule has 0 aliphatic heterocycles. The van der Waals surface area contributed by atoms with Crippen molar-refractivity contribution in [3.8, 4) is 22.0 Å². The van der Waals surface area contributed by atoms with Crippen LogP contribution in [0, 0.1) is 0 Å². The molecule has 0 saturated carbocycles. The third kappa shape index (κ3) is 3.38. The standard InChI is InChI=1S/C22H16ClN5OS/c1-28-10-9-24-20(28)19-18(13-5-3-2-4-6-13)26-22(30-19)27-21(29)17-11-14-7-8-15(23)12-16(14)25-17/h2-12,25H,1H3,(H,26,27,29). The predicted octanol–water partition coefficient (Wildman–Crippen LogP) is 5.60. The largest absolute Gasteiger partial charge is 0.350 e. The van der Waals surface area contributed by atoms with Crippen LogP contribution in [-0.2, 0) is 7.05 Å². The van der Waals surface area contributed by atoms with Crippen LogP contribution in [0.4, 0.5) is 5.13 Å². The van der Waals surface area contributed by atoms with E-state index in [1.165, 1.54) is 11.3 Å². The van der Waals surface area contributed by atoms with Gasteiger partial charge in [-0.3, -0.25) is 10.1 Å². The maximum absolute atomic E-state index is 12.8. The summed E-state index contributed by atoms with van der Waals surface area (Å²) in [6, 6.07) is 17.1. The number of rotatable bonds is 4. The third-order valence-electron chi connectivity index (χ3n) is 4.75. The molecule has 2 aromatic carbocycles. The summed E-state index contributed by atoms with van der Waals surface area (Å²) >= 11 is 7.44. The number of H-pyrrole nitrogens is 1. The fourth-order valence-electron chi connectivity index (χ4n) is 3.29. The molecule has 3 heterocycles. The van der Waals surface area contributed by atoms with Crippen molar-refractivity contribution in [2.75, 3.05) is 5.32 Å². The Kier molecular flexibility index (Phi) is 4.61. The predicted molar refractivity (Wildman–Crippen MR) is 121 cm³/mol. The molecule has 0 radical (unpaired) electrons. The van der Waals surface area contributed by atoms with E-state index in [-0.39, 0.29) is 5.91 Å². The van der Waals surface area contributed by atoms with Gasteiger partial charge in [-0.1, -0.05) is 59.3 Å². The van der Waals surface area contributed by atoms with Gasteiger partial charge < -0.3 is 9.55 Å². The monoisotopic (exact) mass is 433 g/mol. The summed E-state index contributed by atoms with van der Waals surface area (Å²) in [6.07, 6.45) is 3.63. The zero-order valence-electron chi connectivity index (χ0n) is 15.9. The molecule has 2 N–H and O–H groups in total. The van der Waals surface area contributed by atoms with Gasteiger partial charge in [-0.2, -0.15) is 0 Å². The Morgan fingerprint density at radius 1 is 1.17 bits per heavy atom. The van der Waals surface area contributed by atoms with E-state index in [0.29, 0.717) is 15.8 Å². The maximum atomic E-state index is 12.8. The van der Waals surface area contributed by atoms with Gasteiger partial charge in [-0.25, -0.2) is 9.97 Å². The molecule has 0 unspecified atom stereocenters. The highest BCUT2D eigenvalue weighted by atomic mass is 35.5.